The van der Waals surface area contributed by atoms with Gasteiger partial charge in [-0.05, 0) is 42.5 Å². The van der Waals surface area contributed by atoms with Crippen molar-refractivity contribution in [3.05, 3.63) is 95.3 Å². The normalized spacial score (nSPS) is 17.5. The van der Waals surface area contributed by atoms with Crippen LogP contribution in [0.4, 0.5) is 10.1 Å². The van der Waals surface area contributed by atoms with Crippen LogP contribution in [0.3, 0.4) is 0 Å². The van der Waals surface area contributed by atoms with Crippen LogP contribution in [-0.2, 0) is 9.59 Å². The number of anilines is 1. The number of benzene rings is 3. The molecular weight excluding hydrogens is 413 g/mol. The summed E-state index contributed by atoms with van der Waals surface area (Å²) in [4.78, 5) is 27.5. The zero-order valence-electron chi connectivity index (χ0n) is 17.4. The molecule has 32 heavy (non-hydrogen) atoms. The highest BCUT2D eigenvalue weighted by atomic mass is 19.1. The molecular formula is C25H20FNO5. The predicted octanol–water partition coefficient (Wildman–Crippen LogP) is 4.47. The standard InChI is InChI=1S/C25H20FNO5/c1-31-18-12-13-20(32-2)19(14-18)22-21(23(28)15-6-4-3-5-7-15)24(29)25(30)27(22)17-10-8-16(26)9-11-17/h3-14,22,28H,1-2H3/b23-21-. The number of ether oxygens (including phenoxy) is 2. The number of aliphatic hydroxyl groups is 1. The van der Waals surface area contributed by atoms with Gasteiger partial charge in [0.2, 0.25) is 0 Å². The van der Waals surface area contributed by atoms with Crippen molar-refractivity contribution in [3.8, 4) is 11.5 Å². The first-order valence-corrected chi connectivity index (χ1v) is 9.80. The maximum Gasteiger partial charge on any atom is 0.300 e. The highest BCUT2D eigenvalue weighted by Crippen LogP contribution is 2.45. The molecule has 0 bridgehead atoms. The largest absolute Gasteiger partial charge is 0.507 e. The number of carbonyl (C=O) groups excluding carboxylic acids is 2. The van der Waals surface area contributed by atoms with E-state index in [4.69, 9.17) is 9.47 Å². The van der Waals surface area contributed by atoms with E-state index in [-0.39, 0.29) is 11.3 Å². The number of rotatable bonds is 5. The van der Waals surface area contributed by atoms with Crippen molar-refractivity contribution in [2.75, 3.05) is 19.1 Å². The number of Topliss-reactive ketones (excluding diaryl/α,β-unsaturated/α-hetero) is 1. The van der Waals surface area contributed by atoms with Crippen LogP contribution in [0, 0.1) is 5.82 Å². The third-order valence-corrected chi connectivity index (χ3v) is 5.33. The first-order valence-electron chi connectivity index (χ1n) is 9.80. The van der Waals surface area contributed by atoms with Gasteiger partial charge in [0.15, 0.2) is 0 Å². The maximum absolute atomic E-state index is 13.6. The molecule has 0 radical (unpaired) electrons. The van der Waals surface area contributed by atoms with Gasteiger partial charge in [0, 0.05) is 16.8 Å². The zero-order valence-corrected chi connectivity index (χ0v) is 17.4. The summed E-state index contributed by atoms with van der Waals surface area (Å²) in [5.74, 6) is -1.63. The topological polar surface area (TPSA) is 76.1 Å². The summed E-state index contributed by atoms with van der Waals surface area (Å²) in [5, 5.41) is 11.1. The number of carbonyl (C=O) groups is 2. The third-order valence-electron chi connectivity index (χ3n) is 5.33. The van der Waals surface area contributed by atoms with E-state index in [1.165, 1.54) is 43.4 Å². The van der Waals surface area contributed by atoms with Crippen molar-refractivity contribution in [1.82, 2.24) is 0 Å². The van der Waals surface area contributed by atoms with Gasteiger partial charge in [0.1, 0.15) is 23.1 Å². The fraction of sp³-hybridized carbons (Fsp3) is 0.120. The molecule has 4 rings (SSSR count). The summed E-state index contributed by atoms with van der Waals surface area (Å²) in [6.07, 6.45) is 0. The van der Waals surface area contributed by atoms with Crippen LogP contribution in [0.25, 0.3) is 5.76 Å². The van der Waals surface area contributed by atoms with E-state index in [1.54, 1.807) is 48.5 Å². The molecule has 7 heteroatoms. The molecule has 6 nitrogen and oxygen atoms in total. The molecule has 1 aliphatic heterocycles. The first kappa shape index (κ1) is 21.1. The van der Waals surface area contributed by atoms with Gasteiger partial charge >= 0.3 is 0 Å². The summed E-state index contributed by atoms with van der Waals surface area (Å²) < 4.78 is 24.4. The maximum atomic E-state index is 13.6. The minimum Gasteiger partial charge on any atom is -0.507 e. The van der Waals surface area contributed by atoms with Crippen molar-refractivity contribution in [1.29, 1.82) is 0 Å². The zero-order chi connectivity index (χ0) is 22.8. The number of aliphatic hydroxyl groups excluding tert-OH is 1. The molecule has 162 valence electrons. The van der Waals surface area contributed by atoms with Crippen LogP contribution in [0.1, 0.15) is 17.2 Å². The quantitative estimate of drug-likeness (QED) is 0.365. The summed E-state index contributed by atoms with van der Waals surface area (Å²) in [7, 11) is 2.96. The Morgan fingerprint density at radius 2 is 1.62 bits per heavy atom. The smallest absolute Gasteiger partial charge is 0.300 e. The molecule has 1 aliphatic rings. The minimum absolute atomic E-state index is 0.0999. The number of hydrogen-bond acceptors (Lipinski definition) is 5. The van der Waals surface area contributed by atoms with Crippen molar-refractivity contribution in [2.24, 2.45) is 0 Å². The molecule has 0 aliphatic carbocycles. The van der Waals surface area contributed by atoms with Gasteiger partial charge in [-0.1, -0.05) is 30.3 Å². The average Bonchev–Trinajstić information content (AvgIpc) is 3.09. The summed E-state index contributed by atoms with van der Waals surface area (Å²) in [5.41, 5.74) is 1.02. The number of nitrogens with zero attached hydrogens (tertiary/aromatic N) is 1. The van der Waals surface area contributed by atoms with Crippen molar-refractivity contribution in [3.63, 3.8) is 0 Å². The molecule has 1 atom stereocenters. The van der Waals surface area contributed by atoms with Crippen LogP contribution >= 0.6 is 0 Å². The highest BCUT2D eigenvalue weighted by Gasteiger charge is 2.48. The summed E-state index contributed by atoms with van der Waals surface area (Å²) in [6.45, 7) is 0. The van der Waals surface area contributed by atoms with Gasteiger partial charge in [0.25, 0.3) is 11.7 Å². The van der Waals surface area contributed by atoms with Crippen LogP contribution in [0.5, 0.6) is 11.5 Å². The lowest BCUT2D eigenvalue weighted by Gasteiger charge is -2.27. The number of ketones is 1. The van der Waals surface area contributed by atoms with E-state index in [0.717, 1.165) is 0 Å². The van der Waals surface area contributed by atoms with E-state index < -0.39 is 23.5 Å². The fourth-order valence-electron chi connectivity index (χ4n) is 3.80. The van der Waals surface area contributed by atoms with E-state index in [0.29, 0.717) is 28.3 Å². The Hall–Kier alpha value is -4.13. The number of methoxy groups -OCH3 is 2. The van der Waals surface area contributed by atoms with Crippen molar-refractivity contribution in [2.45, 2.75) is 6.04 Å². The van der Waals surface area contributed by atoms with Crippen LogP contribution < -0.4 is 14.4 Å². The van der Waals surface area contributed by atoms with Crippen molar-refractivity contribution >= 4 is 23.1 Å². The van der Waals surface area contributed by atoms with E-state index >= 15 is 0 Å². The number of hydrogen-bond donors (Lipinski definition) is 1. The van der Waals surface area contributed by atoms with Crippen LogP contribution in [0.15, 0.2) is 78.4 Å². The van der Waals surface area contributed by atoms with E-state index in [1.807, 2.05) is 0 Å². The Morgan fingerprint density at radius 3 is 2.25 bits per heavy atom. The number of halogens is 1. The monoisotopic (exact) mass is 433 g/mol. The Balaban J connectivity index is 2.01. The van der Waals surface area contributed by atoms with Gasteiger partial charge in [-0.25, -0.2) is 4.39 Å². The summed E-state index contributed by atoms with van der Waals surface area (Å²) >= 11 is 0. The molecule has 0 aromatic heterocycles. The molecule has 3 aromatic rings. The molecule has 0 saturated carbocycles. The van der Waals surface area contributed by atoms with E-state index in [9.17, 15) is 19.1 Å². The Bertz CT molecular complexity index is 1200. The molecule has 1 N–H and O–H groups in total. The lowest BCUT2D eigenvalue weighted by molar-refractivity contribution is -0.132. The van der Waals surface area contributed by atoms with Gasteiger partial charge in [0.05, 0.1) is 25.8 Å². The molecule has 1 amide bonds. The lowest BCUT2D eigenvalue weighted by atomic mass is 9.94. The van der Waals surface area contributed by atoms with Crippen LogP contribution in [-0.4, -0.2) is 31.0 Å². The first-order chi connectivity index (χ1) is 15.5. The van der Waals surface area contributed by atoms with E-state index in [2.05, 4.69) is 0 Å². The Morgan fingerprint density at radius 1 is 0.938 bits per heavy atom. The highest BCUT2D eigenvalue weighted by molar-refractivity contribution is 6.51. The fourth-order valence-corrected chi connectivity index (χ4v) is 3.80. The van der Waals surface area contributed by atoms with Gasteiger partial charge in [-0.15, -0.1) is 0 Å². The van der Waals surface area contributed by atoms with Crippen molar-refractivity contribution < 1.29 is 28.6 Å². The lowest BCUT2D eigenvalue weighted by Crippen LogP contribution is -2.29. The van der Waals surface area contributed by atoms with Gasteiger partial charge in [-0.3, -0.25) is 14.5 Å². The molecule has 1 unspecified atom stereocenters. The second-order valence-electron chi connectivity index (χ2n) is 7.12. The average molecular weight is 433 g/mol. The number of amides is 1. The summed E-state index contributed by atoms with van der Waals surface area (Å²) in [6, 6.07) is 17.7. The minimum atomic E-state index is -1.02. The molecule has 0 spiro atoms. The molecule has 3 aromatic carbocycles. The third kappa shape index (κ3) is 3.58. The van der Waals surface area contributed by atoms with Gasteiger partial charge in [-0.2, -0.15) is 0 Å². The van der Waals surface area contributed by atoms with Gasteiger partial charge < -0.3 is 14.6 Å². The molecule has 1 saturated heterocycles. The SMILES string of the molecule is COc1ccc(OC)c(C2/C(=C(/O)c3ccccc3)C(=O)C(=O)N2c2ccc(F)cc2)c1. The van der Waals surface area contributed by atoms with Crippen LogP contribution in [0.2, 0.25) is 0 Å². The molecule has 1 heterocycles. The second-order valence-corrected chi connectivity index (χ2v) is 7.12. The Kier molecular flexibility index (Phi) is 5.64. The second kappa shape index (κ2) is 8.55. The Labute approximate surface area is 184 Å². The predicted molar refractivity (Wildman–Crippen MR) is 117 cm³/mol. The molecule has 1 fully saturated rings.